The number of halogens is 1. The summed E-state index contributed by atoms with van der Waals surface area (Å²) >= 11 is 5.78. The molecule has 0 fully saturated rings. The van der Waals surface area contributed by atoms with Crippen molar-refractivity contribution in [3.8, 4) is 0 Å². The Balaban J connectivity index is 2.88. The van der Waals surface area contributed by atoms with Crippen LogP contribution in [0, 0.1) is 6.92 Å². The van der Waals surface area contributed by atoms with E-state index in [1.807, 2.05) is 23.7 Å². The minimum absolute atomic E-state index is 0.545. The van der Waals surface area contributed by atoms with Gasteiger partial charge in [0, 0.05) is 18.1 Å². The summed E-state index contributed by atoms with van der Waals surface area (Å²) in [7, 11) is 1.99. The zero-order chi connectivity index (χ0) is 8.72. The van der Waals surface area contributed by atoms with Crippen LogP contribution in [0.15, 0.2) is 18.2 Å². The number of rotatable bonds is 0. The van der Waals surface area contributed by atoms with Gasteiger partial charge in [-0.1, -0.05) is 11.6 Å². The average Bonchev–Trinajstić information content (AvgIpc) is 2.31. The number of hydrogen-bond acceptors (Lipinski definition) is 1. The lowest BCUT2D eigenvalue weighted by Gasteiger charge is -1.96. The second kappa shape index (κ2) is 2.49. The molecule has 0 radical (unpaired) electrons. The standard InChI is InChI=1S/C9H9ClN2/c1-6-5-7-3-4-8(10)11-9(7)12(6)2/h3-5H,1-2H3. The molecule has 12 heavy (non-hydrogen) atoms. The van der Waals surface area contributed by atoms with Crippen molar-refractivity contribution >= 4 is 22.6 Å². The van der Waals surface area contributed by atoms with Crippen LogP contribution in [0.2, 0.25) is 5.15 Å². The monoisotopic (exact) mass is 180 g/mol. The topological polar surface area (TPSA) is 17.8 Å². The van der Waals surface area contributed by atoms with Crippen LogP contribution in [0.3, 0.4) is 0 Å². The highest BCUT2D eigenvalue weighted by Crippen LogP contribution is 2.18. The lowest BCUT2D eigenvalue weighted by molar-refractivity contribution is 0.902. The van der Waals surface area contributed by atoms with Crippen LogP contribution in [-0.2, 0) is 7.05 Å². The Bertz CT molecular complexity index is 431. The van der Waals surface area contributed by atoms with Crippen LogP contribution >= 0.6 is 11.6 Å². The summed E-state index contributed by atoms with van der Waals surface area (Å²) in [5.41, 5.74) is 2.14. The molecule has 0 N–H and O–H groups in total. The number of nitrogens with zero attached hydrogens (tertiary/aromatic N) is 2. The molecule has 0 bridgehead atoms. The molecule has 2 heterocycles. The van der Waals surface area contributed by atoms with E-state index < -0.39 is 0 Å². The molecule has 3 heteroatoms. The molecular formula is C9H9ClN2. The van der Waals surface area contributed by atoms with Crippen LogP contribution in [-0.4, -0.2) is 9.55 Å². The normalized spacial score (nSPS) is 10.9. The van der Waals surface area contributed by atoms with Crippen molar-refractivity contribution in [2.75, 3.05) is 0 Å². The second-order valence-electron chi connectivity index (χ2n) is 2.89. The number of aryl methyl sites for hydroxylation is 2. The molecule has 2 nitrogen and oxygen atoms in total. The van der Waals surface area contributed by atoms with E-state index in [4.69, 9.17) is 11.6 Å². The van der Waals surface area contributed by atoms with E-state index in [9.17, 15) is 0 Å². The van der Waals surface area contributed by atoms with E-state index in [1.165, 1.54) is 5.69 Å². The highest BCUT2D eigenvalue weighted by molar-refractivity contribution is 6.29. The zero-order valence-corrected chi connectivity index (χ0v) is 7.76. The van der Waals surface area contributed by atoms with Crippen molar-refractivity contribution in [2.24, 2.45) is 7.05 Å². The molecular weight excluding hydrogens is 172 g/mol. The third-order valence-corrected chi connectivity index (χ3v) is 2.29. The summed E-state index contributed by atoms with van der Waals surface area (Å²) < 4.78 is 2.03. The van der Waals surface area contributed by atoms with Gasteiger partial charge in [0.05, 0.1) is 0 Å². The maximum atomic E-state index is 5.78. The van der Waals surface area contributed by atoms with Gasteiger partial charge in [0.1, 0.15) is 10.8 Å². The SMILES string of the molecule is Cc1cc2ccc(Cl)nc2n1C. The minimum atomic E-state index is 0.545. The van der Waals surface area contributed by atoms with E-state index in [2.05, 4.69) is 18.0 Å². The Labute approximate surface area is 75.8 Å². The quantitative estimate of drug-likeness (QED) is 0.570. The summed E-state index contributed by atoms with van der Waals surface area (Å²) in [6, 6.07) is 5.89. The molecule has 0 spiro atoms. The van der Waals surface area contributed by atoms with Crippen LogP contribution in [0.1, 0.15) is 5.69 Å². The van der Waals surface area contributed by atoms with Gasteiger partial charge in [-0.25, -0.2) is 4.98 Å². The maximum Gasteiger partial charge on any atom is 0.141 e. The molecule has 0 unspecified atom stereocenters. The second-order valence-corrected chi connectivity index (χ2v) is 3.28. The Kier molecular flexibility index (Phi) is 1.58. The van der Waals surface area contributed by atoms with E-state index >= 15 is 0 Å². The zero-order valence-electron chi connectivity index (χ0n) is 7.00. The summed E-state index contributed by atoms with van der Waals surface area (Å²) in [6.07, 6.45) is 0. The number of pyridine rings is 1. The third kappa shape index (κ3) is 0.994. The number of hydrogen-bond donors (Lipinski definition) is 0. The van der Waals surface area contributed by atoms with Crippen LogP contribution in [0.4, 0.5) is 0 Å². The minimum Gasteiger partial charge on any atom is -0.333 e. The molecule has 2 rings (SSSR count). The third-order valence-electron chi connectivity index (χ3n) is 2.08. The molecule has 0 aliphatic heterocycles. The molecule has 0 aliphatic rings. The largest absolute Gasteiger partial charge is 0.333 e. The molecule has 0 aliphatic carbocycles. The first-order valence-electron chi connectivity index (χ1n) is 3.77. The summed E-state index contributed by atoms with van der Waals surface area (Å²) in [5, 5.41) is 1.68. The van der Waals surface area contributed by atoms with Gasteiger partial charge < -0.3 is 4.57 Å². The lowest BCUT2D eigenvalue weighted by Crippen LogP contribution is -1.91. The predicted molar refractivity (Wildman–Crippen MR) is 50.5 cm³/mol. The Morgan fingerprint density at radius 3 is 2.92 bits per heavy atom. The molecule has 0 atom stereocenters. The predicted octanol–water partition coefficient (Wildman–Crippen LogP) is 2.54. The van der Waals surface area contributed by atoms with Crippen molar-refractivity contribution in [1.29, 1.82) is 0 Å². The van der Waals surface area contributed by atoms with Gasteiger partial charge in [0.2, 0.25) is 0 Å². The van der Waals surface area contributed by atoms with Gasteiger partial charge in [0.25, 0.3) is 0 Å². The molecule has 0 aromatic carbocycles. The highest BCUT2D eigenvalue weighted by atomic mass is 35.5. The van der Waals surface area contributed by atoms with E-state index in [0.717, 1.165) is 11.0 Å². The fraction of sp³-hybridized carbons (Fsp3) is 0.222. The van der Waals surface area contributed by atoms with E-state index in [0.29, 0.717) is 5.15 Å². The first-order valence-corrected chi connectivity index (χ1v) is 4.15. The Hall–Kier alpha value is -1.02. The van der Waals surface area contributed by atoms with Crippen molar-refractivity contribution in [2.45, 2.75) is 6.92 Å². The first kappa shape index (κ1) is 7.62. The van der Waals surface area contributed by atoms with Crippen LogP contribution < -0.4 is 0 Å². The fourth-order valence-corrected chi connectivity index (χ4v) is 1.45. The lowest BCUT2D eigenvalue weighted by atomic mass is 10.3. The van der Waals surface area contributed by atoms with Crippen LogP contribution in [0.5, 0.6) is 0 Å². The van der Waals surface area contributed by atoms with Gasteiger partial charge in [-0.2, -0.15) is 0 Å². The van der Waals surface area contributed by atoms with Gasteiger partial charge in [-0.05, 0) is 25.1 Å². The van der Waals surface area contributed by atoms with Crippen molar-refractivity contribution in [3.05, 3.63) is 29.0 Å². The smallest absolute Gasteiger partial charge is 0.141 e. The van der Waals surface area contributed by atoms with Gasteiger partial charge in [-0.3, -0.25) is 0 Å². The molecule has 0 amide bonds. The molecule has 2 aromatic rings. The van der Waals surface area contributed by atoms with Gasteiger partial charge in [-0.15, -0.1) is 0 Å². The average molecular weight is 181 g/mol. The molecule has 0 saturated heterocycles. The maximum absolute atomic E-state index is 5.78. The molecule has 62 valence electrons. The molecule has 0 saturated carbocycles. The summed E-state index contributed by atoms with van der Waals surface area (Å²) in [4.78, 5) is 4.22. The van der Waals surface area contributed by atoms with Crippen LogP contribution in [0.25, 0.3) is 11.0 Å². The summed E-state index contributed by atoms with van der Waals surface area (Å²) in [5.74, 6) is 0. The Morgan fingerprint density at radius 2 is 2.17 bits per heavy atom. The number of fused-ring (bicyclic) bond motifs is 1. The van der Waals surface area contributed by atoms with Gasteiger partial charge in [0.15, 0.2) is 0 Å². The van der Waals surface area contributed by atoms with Crippen molar-refractivity contribution in [3.63, 3.8) is 0 Å². The van der Waals surface area contributed by atoms with E-state index in [1.54, 1.807) is 0 Å². The number of aromatic nitrogens is 2. The summed E-state index contributed by atoms with van der Waals surface area (Å²) in [6.45, 7) is 2.05. The van der Waals surface area contributed by atoms with Crippen molar-refractivity contribution < 1.29 is 0 Å². The highest BCUT2D eigenvalue weighted by Gasteiger charge is 2.02. The van der Waals surface area contributed by atoms with Gasteiger partial charge >= 0.3 is 0 Å². The first-order chi connectivity index (χ1) is 5.68. The molecule has 2 aromatic heterocycles. The fourth-order valence-electron chi connectivity index (χ4n) is 1.31. The Morgan fingerprint density at radius 1 is 1.42 bits per heavy atom. The van der Waals surface area contributed by atoms with E-state index in [-0.39, 0.29) is 0 Å². The van der Waals surface area contributed by atoms with Crippen molar-refractivity contribution in [1.82, 2.24) is 9.55 Å².